The number of aliphatic hydroxyl groups is 1. The number of aliphatic imine (C=N–C) groups is 1. The fourth-order valence-corrected chi connectivity index (χ4v) is 3.54. The average Bonchev–Trinajstić information content (AvgIpc) is 2.67. The quantitative estimate of drug-likeness (QED) is 0.704. The van der Waals surface area contributed by atoms with Crippen LogP contribution in [0.1, 0.15) is 32.1 Å². The van der Waals surface area contributed by atoms with Crippen molar-refractivity contribution in [1.29, 1.82) is 0 Å². The van der Waals surface area contributed by atoms with Gasteiger partial charge < -0.3 is 10.0 Å². The van der Waals surface area contributed by atoms with Crippen molar-refractivity contribution in [2.45, 2.75) is 38.1 Å². The maximum absolute atomic E-state index is 9.37. The van der Waals surface area contributed by atoms with E-state index in [1.807, 2.05) is 0 Å². The molecular weight excluding hydrogens is 188 g/mol. The molecule has 2 aliphatic heterocycles. The van der Waals surface area contributed by atoms with E-state index in [1.54, 1.807) is 0 Å². The Kier molecular flexibility index (Phi) is 2.43. The van der Waals surface area contributed by atoms with Crippen molar-refractivity contribution < 1.29 is 5.11 Å². The van der Waals surface area contributed by atoms with Gasteiger partial charge in [0.1, 0.15) is 5.84 Å². The molecular formula is C12H20N2O. The number of fused-ring (bicyclic) bond motifs is 3. The SMILES string of the molecule is OC[C@H]1CCN=C2[C@@H]3CCCC[C@@H]3CN21. The highest BCUT2D eigenvalue weighted by molar-refractivity contribution is 5.88. The van der Waals surface area contributed by atoms with Gasteiger partial charge in [0.25, 0.3) is 0 Å². The van der Waals surface area contributed by atoms with Crippen molar-refractivity contribution in [3.63, 3.8) is 0 Å². The first kappa shape index (κ1) is 9.64. The van der Waals surface area contributed by atoms with Crippen LogP contribution in [0.2, 0.25) is 0 Å². The molecule has 0 amide bonds. The van der Waals surface area contributed by atoms with Gasteiger partial charge in [-0.25, -0.2) is 0 Å². The molecule has 0 aromatic carbocycles. The minimum atomic E-state index is 0.304. The van der Waals surface area contributed by atoms with E-state index < -0.39 is 0 Å². The van der Waals surface area contributed by atoms with Crippen LogP contribution in [0.5, 0.6) is 0 Å². The van der Waals surface area contributed by atoms with Crippen LogP contribution in [0, 0.1) is 11.8 Å². The van der Waals surface area contributed by atoms with Gasteiger partial charge in [-0.05, 0) is 25.2 Å². The Balaban J connectivity index is 1.84. The van der Waals surface area contributed by atoms with E-state index >= 15 is 0 Å². The van der Waals surface area contributed by atoms with E-state index in [-0.39, 0.29) is 0 Å². The molecule has 3 rings (SSSR count). The van der Waals surface area contributed by atoms with Crippen molar-refractivity contribution in [1.82, 2.24) is 4.90 Å². The minimum absolute atomic E-state index is 0.304. The van der Waals surface area contributed by atoms with Gasteiger partial charge in [-0.3, -0.25) is 4.99 Å². The minimum Gasteiger partial charge on any atom is -0.394 e. The highest BCUT2D eigenvalue weighted by atomic mass is 16.3. The van der Waals surface area contributed by atoms with Crippen LogP contribution < -0.4 is 0 Å². The Bertz CT molecular complexity index is 277. The van der Waals surface area contributed by atoms with Crippen LogP contribution in [-0.2, 0) is 0 Å². The summed E-state index contributed by atoms with van der Waals surface area (Å²) in [5.41, 5.74) is 0. The molecule has 84 valence electrons. The van der Waals surface area contributed by atoms with E-state index in [0.29, 0.717) is 12.6 Å². The second-order valence-corrected chi connectivity index (χ2v) is 5.17. The zero-order valence-electron chi connectivity index (χ0n) is 9.23. The van der Waals surface area contributed by atoms with Gasteiger partial charge in [0.2, 0.25) is 0 Å². The molecule has 0 bridgehead atoms. The number of aliphatic hydroxyl groups excluding tert-OH is 1. The smallest absolute Gasteiger partial charge is 0.103 e. The predicted octanol–water partition coefficient (Wildman–Crippen LogP) is 1.27. The van der Waals surface area contributed by atoms with Crippen LogP contribution in [0.15, 0.2) is 4.99 Å². The van der Waals surface area contributed by atoms with E-state index in [1.165, 1.54) is 31.5 Å². The van der Waals surface area contributed by atoms with Gasteiger partial charge in [-0.15, -0.1) is 0 Å². The van der Waals surface area contributed by atoms with Crippen molar-refractivity contribution in [2.75, 3.05) is 19.7 Å². The second-order valence-electron chi connectivity index (χ2n) is 5.17. The molecule has 3 heteroatoms. The largest absolute Gasteiger partial charge is 0.394 e. The molecule has 0 unspecified atom stereocenters. The Labute approximate surface area is 91.2 Å². The molecule has 3 aliphatic rings. The molecule has 2 fully saturated rings. The summed E-state index contributed by atoms with van der Waals surface area (Å²) >= 11 is 0. The number of amidine groups is 1. The first-order chi connectivity index (χ1) is 7.40. The topological polar surface area (TPSA) is 35.8 Å². The predicted molar refractivity (Wildman–Crippen MR) is 59.9 cm³/mol. The molecule has 3 atom stereocenters. The third-order valence-electron chi connectivity index (χ3n) is 4.35. The Morgan fingerprint density at radius 2 is 2.13 bits per heavy atom. The fourth-order valence-electron chi connectivity index (χ4n) is 3.54. The molecule has 1 N–H and O–H groups in total. The monoisotopic (exact) mass is 208 g/mol. The van der Waals surface area contributed by atoms with Crippen molar-refractivity contribution in [3.05, 3.63) is 0 Å². The summed E-state index contributed by atoms with van der Waals surface area (Å²) in [5, 5.41) is 9.37. The van der Waals surface area contributed by atoms with E-state index in [0.717, 1.165) is 31.3 Å². The van der Waals surface area contributed by atoms with Crippen LogP contribution >= 0.6 is 0 Å². The van der Waals surface area contributed by atoms with Crippen molar-refractivity contribution in [3.8, 4) is 0 Å². The third kappa shape index (κ3) is 1.48. The third-order valence-corrected chi connectivity index (χ3v) is 4.35. The molecule has 1 saturated heterocycles. The van der Waals surface area contributed by atoms with Gasteiger partial charge >= 0.3 is 0 Å². The van der Waals surface area contributed by atoms with Gasteiger partial charge in [0, 0.05) is 19.0 Å². The first-order valence-electron chi connectivity index (χ1n) is 6.32. The lowest BCUT2D eigenvalue weighted by atomic mass is 9.81. The molecule has 3 nitrogen and oxygen atoms in total. The fraction of sp³-hybridized carbons (Fsp3) is 0.917. The molecule has 0 spiro atoms. The van der Waals surface area contributed by atoms with Crippen LogP contribution in [-0.4, -0.2) is 41.6 Å². The van der Waals surface area contributed by atoms with Crippen LogP contribution in [0.3, 0.4) is 0 Å². The van der Waals surface area contributed by atoms with Gasteiger partial charge in [-0.2, -0.15) is 0 Å². The summed E-state index contributed by atoms with van der Waals surface area (Å²) in [6, 6.07) is 0.364. The van der Waals surface area contributed by atoms with E-state index in [4.69, 9.17) is 4.99 Å². The lowest BCUT2D eigenvalue weighted by Gasteiger charge is -2.32. The standard InChI is InChI=1S/C12H20N2O/c15-8-10-5-6-13-12-11-4-2-1-3-9(11)7-14(10)12/h9-11,15H,1-8H2/t9-,10-,11-/m1/s1. The summed E-state index contributed by atoms with van der Waals surface area (Å²) in [4.78, 5) is 7.11. The van der Waals surface area contributed by atoms with E-state index in [9.17, 15) is 5.11 Å². The van der Waals surface area contributed by atoms with Crippen molar-refractivity contribution in [2.24, 2.45) is 16.8 Å². The number of nitrogens with zero attached hydrogens (tertiary/aromatic N) is 2. The Morgan fingerprint density at radius 3 is 3.00 bits per heavy atom. The van der Waals surface area contributed by atoms with Gasteiger partial charge in [-0.1, -0.05) is 12.8 Å². The van der Waals surface area contributed by atoms with Crippen LogP contribution in [0.25, 0.3) is 0 Å². The molecule has 15 heavy (non-hydrogen) atoms. The maximum atomic E-state index is 9.37. The lowest BCUT2D eigenvalue weighted by Crippen LogP contribution is -2.43. The summed E-state index contributed by atoms with van der Waals surface area (Å²) in [6.07, 6.45) is 6.51. The average molecular weight is 208 g/mol. The highest BCUT2D eigenvalue weighted by Gasteiger charge is 2.42. The molecule has 1 aliphatic carbocycles. The molecule has 1 saturated carbocycles. The second kappa shape index (κ2) is 3.78. The first-order valence-corrected chi connectivity index (χ1v) is 6.32. The number of rotatable bonds is 1. The van der Waals surface area contributed by atoms with Crippen molar-refractivity contribution >= 4 is 5.84 Å². The summed E-state index contributed by atoms with van der Waals surface area (Å²) in [6.45, 7) is 2.40. The Morgan fingerprint density at radius 1 is 1.27 bits per heavy atom. The number of hydrogen-bond donors (Lipinski definition) is 1. The lowest BCUT2D eigenvalue weighted by molar-refractivity contribution is 0.166. The van der Waals surface area contributed by atoms with Crippen LogP contribution in [0.4, 0.5) is 0 Å². The normalized spacial score (nSPS) is 39.7. The molecule has 0 radical (unpaired) electrons. The van der Waals surface area contributed by atoms with Gasteiger partial charge in [0.05, 0.1) is 12.6 Å². The van der Waals surface area contributed by atoms with Gasteiger partial charge in [0.15, 0.2) is 0 Å². The highest BCUT2D eigenvalue weighted by Crippen LogP contribution is 2.39. The zero-order chi connectivity index (χ0) is 10.3. The molecule has 2 heterocycles. The summed E-state index contributed by atoms with van der Waals surface area (Å²) in [5.74, 6) is 2.91. The Hall–Kier alpha value is -0.570. The van der Waals surface area contributed by atoms with E-state index in [2.05, 4.69) is 4.90 Å². The summed E-state index contributed by atoms with van der Waals surface area (Å²) < 4.78 is 0. The molecule has 0 aromatic rings. The zero-order valence-corrected chi connectivity index (χ0v) is 9.23. The molecule has 0 aromatic heterocycles. The summed E-state index contributed by atoms with van der Waals surface area (Å²) in [7, 11) is 0. The maximum Gasteiger partial charge on any atom is 0.103 e. The number of hydrogen-bond acceptors (Lipinski definition) is 3.